The first-order valence-corrected chi connectivity index (χ1v) is 5.29. The zero-order valence-electron chi connectivity index (χ0n) is 10.1. The molecule has 0 amide bonds. The van der Waals surface area contributed by atoms with Gasteiger partial charge < -0.3 is 5.32 Å². The van der Waals surface area contributed by atoms with Gasteiger partial charge in [-0.3, -0.25) is 4.68 Å². The van der Waals surface area contributed by atoms with Crippen molar-refractivity contribution in [2.24, 2.45) is 13.0 Å². The summed E-state index contributed by atoms with van der Waals surface area (Å²) in [5, 5.41) is 7.74. The van der Waals surface area contributed by atoms with Gasteiger partial charge in [0.05, 0.1) is 5.69 Å². The Bertz CT molecular complexity index is 281. The van der Waals surface area contributed by atoms with Gasteiger partial charge >= 0.3 is 0 Å². The predicted octanol–water partition coefficient (Wildman–Crippen LogP) is 2.29. The third-order valence-corrected chi connectivity index (χ3v) is 2.33. The summed E-state index contributed by atoms with van der Waals surface area (Å²) in [7, 11) is 1.96. The average Bonchev–Trinajstić information content (AvgIpc) is 2.39. The van der Waals surface area contributed by atoms with Crippen LogP contribution in [-0.2, 0) is 13.6 Å². The van der Waals surface area contributed by atoms with Crippen LogP contribution in [0.4, 0.5) is 0 Å². The van der Waals surface area contributed by atoms with E-state index >= 15 is 0 Å². The zero-order valence-corrected chi connectivity index (χ0v) is 10.9. The van der Waals surface area contributed by atoms with Crippen molar-refractivity contribution < 1.29 is 0 Å². The topological polar surface area (TPSA) is 29.9 Å². The molecule has 1 heterocycles. The minimum absolute atomic E-state index is 0. The van der Waals surface area contributed by atoms with Crippen LogP contribution >= 0.6 is 12.4 Å². The van der Waals surface area contributed by atoms with Crippen LogP contribution < -0.4 is 5.32 Å². The fourth-order valence-corrected chi connectivity index (χ4v) is 1.44. The van der Waals surface area contributed by atoms with Crippen LogP contribution in [0.5, 0.6) is 0 Å². The summed E-state index contributed by atoms with van der Waals surface area (Å²) >= 11 is 0. The molecule has 0 aliphatic rings. The van der Waals surface area contributed by atoms with E-state index in [-0.39, 0.29) is 12.4 Å². The van der Waals surface area contributed by atoms with Crippen molar-refractivity contribution in [3.63, 3.8) is 0 Å². The molecule has 1 rings (SSSR count). The Balaban J connectivity index is 0.00000196. The van der Waals surface area contributed by atoms with Gasteiger partial charge in [0.15, 0.2) is 0 Å². The lowest BCUT2D eigenvalue weighted by Crippen LogP contribution is -2.16. The summed E-state index contributed by atoms with van der Waals surface area (Å²) in [5.41, 5.74) is 2.43. The van der Waals surface area contributed by atoms with E-state index in [0.29, 0.717) is 0 Å². The Kier molecular flexibility index (Phi) is 6.61. The van der Waals surface area contributed by atoms with E-state index in [2.05, 4.69) is 37.4 Å². The largest absolute Gasteiger partial charge is 0.313 e. The summed E-state index contributed by atoms with van der Waals surface area (Å²) in [6.07, 6.45) is 3.32. The lowest BCUT2D eigenvalue weighted by Gasteiger charge is -2.05. The molecule has 4 heteroatoms. The van der Waals surface area contributed by atoms with Crippen LogP contribution in [-0.4, -0.2) is 16.3 Å². The van der Waals surface area contributed by atoms with Gasteiger partial charge in [-0.1, -0.05) is 13.8 Å². The normalized spacial score (nSPS) is 10.5. The SMILES string of the molecule is Cc1nn(C)cc1CNCCC(C)C.Cl. The van der Waals surface area contributed by atoms with Gasteiger partial charge in [-0.2, -0.15) is 5.10 Å². The number of hydrogen-bond acceptors (Lipinski definition) is 2. The Morgan fingerprint density at radius 3 is 2.60 bits per heavy atom. The molecule has 1 aromatic rings. The highest BCUT2D eigenvalue weighted by atomic mass is 35.5. The molecule has 0 unspecified atom stereocenters. The van der Waals surface area contributed by atoms with Crippen LogP contribution in [0.2, 0.25) is 0 Å². The monoisotopic (exact) mass is 231 g/mol. The fraction of sp³-hybridized carbons (Fsp3) is 0.727. The van der Waals surface area contributed by atoms with Crippen LogP contribution in [0, 0.1) is 12.8 Å². The molecule has 0 atom stereocenters. The summed E-state index contributed by atoms with van der Waals surface area (Å²) in [4.78, 5) is 0. The first kappa shape index (κ1) is 14.5. The number of aromatic nitrogens is 2. The molecule has 0 spiro atoms. The highest BCUT2D eigenvalue weighted by Gasteiger charge is 2.01. The van der Waals surface area contributed by atoms with Gasteiger partial charge in [-0.05, 0) is 25.8 Å². The van der Waals surface area contributed by atoms with Crippen LogP contribution in [0.1, 0.15) is 31.5 Å². The lowest BCUT2D eigenvalue weighted by molar-refractivity contribution is 0.537. The third-order valence-electron chi connectivity index (χ3n) is 2.33. The van der Waals surface area contributed by atoms with Gasteiger partial charge in [0.1, 0.15) is 0 Å². The maximum atomic E-state index is 4.30. The maximum Gasteiger partial charge on any atom is 0.0638 e. The lowest BCUT2D eigenvalue weighted by atomic mass is 10.1. The zero-order chi connectivity index (χ0) is 10.6. The molecule has 0 saturated carbocycles. The molecular formula is C11H22ClN3. The summed E-state index contributed by atoms with van der Waals surface area (Å²) in [5.74, 6) is 0.775. The van der Waals surface area contributed by atoms with Crippen molar-refractivity contribution in [3.05, 3.63) is 17.5 Å². The predicted molar refractivity (Wildman–Crippen MR) is 66.4 cm³/mol. The molecule has 0 aliphatic heterocycles. The average molecular weight is 232 g/mol. The van der Waals surface area contributed by atoms with E-state index in [1.807, 2.05) is 11.7 Å². The number of halogens is 1. The number of hydrogen-bond donors (Lipinski definition) is 1. The highest BCUT2D eigenvalue weighted by molar-refractivity contribution is 5.85. The van der Waals surface area contributed by atoms with Crippen LogP contribution in [0.3, 0.4) is 0 Å². The summed E-state index contributed by atoms with van der Waals surface area (Å²) < 4.78 is 1.87. The smallest absolute Gasteiger partial charge is 0.0638 e. The molecular weight excluding hydrogens is 210 g/mol. The first-order chi connectivity index (χ1) is 6.59. The Hall–Kier alpha value is -0.540. The molecule has 88 valence electrons. The van der Waals surface area contributed by atoms with Crippen LogP contribution in [0.25, 0.3) is 0 Å². The van der Waals surface area contributed by atoms with Crippen molar-refractivity contribution in [1.29, 1.82) is 0 Å². The highest BCUT2D eigenvalue weighted by Crippen LogP contribution is 2.04. The second kappa shape index (κ2) is 6.85. The number of nitrogens with one attached hydrogen (secondary N) is 1. The van der Waals surface area contributed by atoms with Crippen molar-refractivity contribution in [1.82, 2.24) is 15.1 Å². The first-order valence-electron chi connectivity index (χ1n) is 5.29. The molecule has 0 fully saturated rings. The molecule has 15 heavy (non-hydrogen) atoms. The third kappa shape index (κ3) is 5.19. The Morgan fingerprint density at radius 1 is 1.47 bits per heavy atom. The fourth-order valence-electron chi connectivity index (χ4n) is 1.44. The second-order valence-corrected chi connectivity index (χ2v) is 4.27. The summed E-state index contributed by atoms with van der Waals surface area (Å²) in [6.45, 7) is 8.58. The maximum absolute atomic E-state index is 4.30. The number of rotatable bonds is 5. The van der Waals surface area contributed by atoms with E-state index in [1.54, 1.807) is 0 Å². The molecule has 3 nitrogen and oxygen atoms in total. The van der Waals surface area contributed by atoms with Gasteiger partial charge in [0.2, 0.25) is 0 Å². The van der Waals surface area contributed by atoms with Crippen LogP contribution in [0.15, 0.2) is 6.20 Å². The quantitative estimate of drug-likeness (QED) is 0.789. The number of nitrogens with zero attached hydrogens (tertiary/aromatic N) is 2. The van der Waals surface area contributed by atoms with E-state index in [1.165, 1.54) is 12.0 Å². The molecule has 0 radical (unpaired) electrons. The molecule has 0 saturated heterocycles. The van der Waals surface area contributed by atoms with E-state index < -0.39 is 0 Å². The van der Waals surface area contributed by atoms with Crippen molar-refractivity contribution >= 4 is 12.4 Å². The van der Waals surface area contributed by atoms with E-state index in [9.17, 15) is 0 Å². The molecule has 0 aliphatic carbocycles. The molecule has 0 bridgehead atoms. The van der Waals surface area contributed by atoms with E-state index in [0.717, 1.165) is 24.7 Å². The van der Waals surface area contributed by atoms with Gasteiger partial charge in [-0.15, -0.1) is 12.4 Å². The Morgan fingerprint density at radius 2 is 2.13 bits per heavy atom. The van der Waals surface area contributed by atoms with Gasteiger partial charge in [-0.25, -0.2) is 0 Å². The standard InChI is InChI=1S/C11H21N3.ClH/c1-9(2)5-6-12-7-11-8-14(4)13-10(11)3;/h8-9,12H,5-7H2,1-4H3;1H. The minimum Gasteiger partial charge on any atom is -0.313 e. The molecule has 1 aromatic heterocycles. The van der Waals surface area contributed by atoms with Gasteiger partial charge in [0, 0.05) is 25.4 Å². The second-order valence-electron chi connectivity index (χ2n) is 4.27. The van der Waals surface area contributed by atoms with Crippen molar-refractivity contribution in [3.8, 4) is 0 Å². The number of aryl methyl sites for hydroxylation is 2. The Labute approximate surface area is 98.7 Å². The summed E-state index contributed by atoms with van der Waals surface area (Å²) in [6, 6.07) is 0. The molecule has 0 aromatic carbocycles. The van der Waals surface area contributed by atoms with Crippen molar-refractivity contribution in [2.45, 2.75) is 33.7 Å². The molecule has 1 N–H and O–H groups in total. The van der Waals surface area contributed by atoms with Crippen molar-refractivity contribution in [2.75, 3.05) is 6.54 Å². The van der Waals surface area contributed by atoms with Gasteiger partial charge in [0.25, 0.3) is 0 Å². The van der Waals surface area contributed by atoms with E-state index in [4.69, 9.17) is 0 Å². The minimum atomic E-state index is 0.